The van der Waals surface area contributed by atoms with Crippen LogP contribution in [-0.2, 0) is 7.05 Å². The summed E-state index contributed by atoms with van der Waals surface area (Å²) in [4.78, 5) is 5.00. The molecule has 0 amide bonds. The van der Waals surface area contributed by atoms with Crippen LogP contribution in [0.2, 0.25) is 0 Å². The minimum atomic E-state index is 0.884. The molecule has 0 radical (unpaired) electrons. The van der Waals surface area contributed by atoms with E-state index in [1.807, 2.05) is 13.2 Å². The molecule has 56 valence electrons. The molecule has 0 N–H and O–H groups in total. The molecule has 2 aromatic heterocycles. The van der Waals surface area contributed by atoms with Crippen LogP contribution in [0.4, 0.5) is 0 Å². The number of aryl methyl sites for hydroxylation is 1. The van der Waals surface area contributed by atoms with E-state index >= 15 is 0 Å². The topological polar surface area (TPSA) is 43.6 Å². The molecule has 4 nitrogen and oxygen atoms in total. The first-order valence-electron chi connectivity index (χ1n) is 3.11. The average molecular weight is 166 g/mol. The number of thiazole rings is 1. The van der Waals surface area contributed by atoms with Crippen molar-refractivity contribution >= 4 is 11.3 Å². The Bertz CT molecular complexity index is 337. The minimum Gasteiger partial charge on any atom is -0.255 e. The lowest BCUT2D eigenvalue weighted by molar-refractivity contribution is 0.715. The fraction of sp³-hybridized carbons (Fsp3) is 0.167. The van der Waals surface area contributed by atoms with Crippen LogP contribution in [-0.4, -0.2) is 20.0 Å². The lowest BCUT2D eigenvalue weighted by atomic mass is 10.4. The fourth-order valence-electron chi connectivity index (χ4n) is 0.803. The van der Waals surface area contributed by atoms with Gasteiger partial charge in [0.1, 0.15) is 5.69 Å². The smallest absolute Gasteiger partial charge is 0.124 e. The van der Waals surface area contributed by atoms with Crippen LogP contribution in [0.3, 0.4) is 0 Å². The molecule has 0 saturated heterocycles. The van der Waals surface area contributed by atoms with Crippen molar-refractivity contribution in [3.05, 3.63) is 17.9 Å². The monoisotopic (exact) mass is 166 g/mol. The van der Waals surface area contributed by atoms with Crippen molar-refractivity contribution in [2.24, 2.45) is 7.05 Å². The molecule has 0 saturated carbocycles. The lowest BCUT2D eigenvalue weighted by Crippen LogP contribution is -1.85. The van der Waals surface area contributed by atoms with Crippen molar-refractivity contribution in [3.8, 4) is 10.6 Å². The van der Waals surface area contributed by atoms with Gasteiger partial charge in [0.2, 0.25) is 0 Å². The summed E-state index contributed by atoms with van der Waals surface area (Å²) in [5.41, 5.74) is 2.67. The Balaban J connectivity index is 2.45. The highest BCUT2D eigenvalue weighted by molar-refractivity contribution is 7.13. The van der Waals surface area contributed by atoms with Gasteiger partial charge in [-0.2, -0.15) is 0 Å². The highest BCUT2D eigenvalue weighted by atomic mass is 32.1. The number of hydrogen-bond acceptors (Lipinski definition) is 4. The van der Waals surface area contributed by atoms with Crippen LogP contribution >= 0.6 is 11.3 Å². The zero-order chi connectivity index (χ0) is 7.68. The van der Waals surface area contributed by atoms with Crippen LogP contribution in [0, 0.1) is 0 Å². The van der Waals surface area contributed by atoms with Crippen molar-refractivity contribution in [2.45, 2.75) is 0 Å². The minimum absolute atomic E-state index is 0.884. The molecule has 2 aromatic rings. The van der Waals surface area contributed by atoms with Crippen molar-refractivity contribution in [1.82, 2.24) is 20.0 Å². The van der Waals surface area contributed by atoms with Crippen LogP contribution in [0.5, 0.6) is 0 Å². The summed E-state index contributed by atoms with van der Waals surface area (Å²) in [7, 11) is 1.84. The van der Waals surface area contributed by atoms with Crippen LogP contribution in [0.1, 0.15) is 0 Å². The van der Waals surface area contributed by atoms with Gasteiger partial charge in [0.25, 0.3) is 0 Å². The highest BCUT2D eigenvalue weighted by Crippen LogP contribution is 2.19. The second-order valence-corrected chi connectivity index (χ2v) is 3.03. The Kier molecular flexibility index (Phi) is 1.43. The van der Waals surface area contributed by atoms with Crippen molar-refractivity contribution in [3.63, 3.8) is 0 Å². The summed E-state index contributed by atoms with van der Waals surface area (Å²) in [6.07, 6.45) is 3.65. The molecule has 2 rings (SSSR count). The lowest BCUT2D eigenvalue weighted by Gasteiger charge is -1.81. The van der Waals surface area contributed by atoms with Gasteiger partial charge in [0.15, 0.2) is 0 Å². The van der Waals surface area contributed by atoms with E-state index in [0.29, 0.717) is 0 Å². The van der Waals surface area contributed by atoms with Gasteiger partial charge in [-0.25, -0.2) is 0 Å². The molecular formula is C6H6N4S. The predicted molar refractivity (Wildman–Crippen MR) is 42.1 cm³/mol. The predicted octanol–water partition coefficient (Wildman–Crippen LogP) is 0.939. The first-order valence-corrected chi connectivity index (χ1v) is 3.99. The van der Waals surface area contributed by atoms with E-state index in [4.69, 9.17) is 0 Å². The molecule has 0 aliphatic heterocycles. The maximum Gasteiger partial charge on any atom is 0.124 e. The highest BCUT2D eigenvalue weighted by Gasteiger charge is 2.01. The van der Waals surface area contributed by atoms with Crippen LogP contribution in [0.25, 0.3) is 10.6 Å². The van der Waals surface area contributed by atoms with E-state index in [-0.39, 0.29) is 0 Å². The Morgan fingerprint density at radius 3 is 3.00 bits per heavy atom. The second kappa shape index (κ2) is 2.43. The summed E-state index contributed by atoms with van der Waals surface area (Å²) in [5, 5.41) is 7.76. The Labute approximate surface area is 67.5 Å². The maximum atomic E-state index is 3.95. The second-order valence-electron chi connectivity index (χ2n) is 2.14. The van der Waals surface area contributed by atoms with Gasteiger partial charge in [-0.15, -0.1) is 16.4 Å². The summed E-state index contributed by atoms with van der Waals surface area (Å²) < 4.78 is 1.68. The van der Waals surface area contributed by atoms with E-state index in [9.17, 15) is 0 Å². The molecular weight excluding hydrogens is 160 g/mol. The number of hydrogen-bond donors (Lipinski definition) is 0. The van der Waals surface area contributed by atoms with Crippen molar-refractivity contribution in [2.75, 3.05) is 0 Å². The van der Waals surface area contributed by atoms with E-state index in [1.54, 1.807) is 27.7 Å². The number of rotatable bonds is 1. The van der Waals surface area contributed by atoms with E-state index in [1.165, 1.54) is 0 Å². The summed E-state index contributed by atoms with van der Waals surface area (Å²) >= 11 is 1.56. The standard InChI is InChI=1S/C6H6N4S/c1-10-3-5(8-9-10)6-2-7-4-11-6/h2-4H,1H3. The Morgan fingerprint density at radius 2 is 2.45 bits per heavy atom. The van der Waals surface area contributed by atoms with Gasteiger partial charge < -0.3 is 0 Å². The Morgan fingerprint density at radius 1 is 1.55 bits per heavy atom. The van der Waals surface area contributed by atoms with Crippen molar-refractivity contribution < 1.29 is 0 Å². The summed E-state index contributed by atoms with van der Waals surface area (Å²) in [6.45, 7) is 0. The molecule has 0 fully saturated rings. The molecule has 0 aromatic carbocycles. The zero-order valence-corrected chi connectivity index (χ0v) is 6.75. The van der Waals surface area contributed by atoms with E-state index < -0.39 is 0 Å². The quantitative estimate of drug-likeness (QED) is 0.633. The van der Waals surface area contributed by atoms with Gasteiger partial charge in [0.05, 0.1) is 16.6 Å². The third-order valence-electron chi connectivity index (χ3n) is 1.29. The molecule has 0 unspecified atom stereocenters. The molecule has 0 aliphatic carbocycles. The molecule has 2 heterocycles. The Hall–Kier alpha value is -1.23. The van der Waals surface area contributed by atoms with Crippen molar-refractivity contribution in [1.29, 1.82) is 0 Å². The van der Waals surface area contributed by atoms with Gasteiger partial charge in [-0.1, -0.05) is 5.21 Å². The third-order valence-corrected chi connectivity index (χ3v) is 2.08. The average Bonchev–Trinajstić information content (AvgIpc) is 2.55. The molecule has 5 heteroatoms. The first kappa shape index (κ1) is 6.48. The SMILES string of the molecule is Cn1cc(-c2cncs2)nn1. The fourth-order valence-corrected chi connectivity index (χ4v) is 1.37. The van der Waals surface area contributed by atoms with Gasteiger partial charge >= 0.3 is 0 Å². The largest absolute Gasteiger partial charge is 0.255 e. The summed E-state index contributed by atoms with van der Waals surface area (Å²) in [5.74, 6) is 0. The molecule has 0 bridgehead atoms. The number of aromatic nitrogens is 4. The molecule has 11 heavy (non-hydrogen) atoms. The number of nitrogens with zero attached hydrogens (tertiary/aromatic N) is 4. The normalized spacial score (nSPS) is 10.3. The molecule has 0 spiro atoms. The van der Waals surface area contributed by atoms with E-state index in [2.05, 4.69) is 15.3 Å². The van der Waals surface area contributed by atoms with Gasteiger partial charge in [-0.3, -0.25) is 9.67 Å². The van der Waals surface area contributed by atoms with E-state index in [0.717, 1.165) is 10.6 Å². The third kappa shape index (κ3) is 1.14. The molecule has 0 aliphatic rings. The first-order chi connectivity index (χ1) is 5.36. The zero-order valence-electron chi connectivity index (χ0n) is 5.93. The maximum absolute atomic E-state index is 3.95. The van der Waals surface area contributed by atoms with Gasteiger partial charge in [-0.05, 0) is 0 Å². The molecule has 0 atom stereocenters. The van der Waals surface area contributed by atoms with Gasteiger partial charge in [0, 0.05) is 13.2 Å². The van der Waals surface area contributed by atoms with Crippen LogP contribution in [0.15, 0.2) is 17.9 Å². The summed E-state index contributed by atoms with van der Waals surface area (Å²) in [6, 6.07) is 0. The van der Waals surface area contributed by atoms with Crippen LogP contribution < -0.4 is 0 Å².